The summed E-state index contributed by atoms with van der Waals surface area (Å²) < 4.78 is 0. The lowest BCUT2D eigenvalue weighted by molar-refractivity contribution is 0.171. The van der Waals surface area contributed by atoms with Crippen molar-refractivity contribution in [2.45, 2.75) is 25.8 Å². The molecule has 26 heavy (non-hydrogen) atoms. The van der Waals surface area contributed by atoms with Gasteiger partial charge in [0, 0.05) is 43.4 Å². The number of hydrogen-bond donors (Lipinski definition) is 1. The maximum atomic E-state index is 9.95. The molecule has 1 aromatic heterocycles. The average Bonchev–Trinajstić information content (AvgIpc) is 2.67. The molecule has 1 aliphatic heterocycles. The Morgan fingerprint density at radius 2 is 1.88 bits per heavy atom. The molecule has 2 heterocycles. The van der Waals surface area contributed by atoms with E-state index in [1.54, 1.807) is 24.5 Å². The molecule has 0 spiro atoms. The fraction of sp³-hybridized carbons (Fsp3) is 0.450. The molecule has 3 unspecified atom stereocenters. The van der Waals surface area contributed by atoms with Crippen LogP contribution in [-0.2, 0) is 0 Å². The first-order valence-electron chi connectivity index (χ1n) is 8.65. The number of pyridine rings is 1. The van der Waals surface area contributed by atoms with Gasteiger partial charge in [-0.25, -0.2) is 0 Å². The zero-order chi connectivity index (χ0) is 18.9. The minimum absolute atomic E-state index is 0.104. The number of hydrogen-bond acceptors (Lipinski definition) is 6. The predicted octanol–water partition coefficient (Wildman–Crippen LogP) is 2.64. The molecule has 1 N–H and O–H groups in total. The molecule has 3 rings (SSSR count). The van der Waals surface area contributed by atoms with E-state index in [2.05, 4.69) is 41.9 Å². The van der Waals surface area contributed by atoms with E-state index < -0.39 is 17.3 Å². The molecule has 6 nitrogen and oxygen atoms in total. The molecule has 1 saturated carbocycles. The van der Waals surface area contributed by atoms with Gasteiger partial charge in [-0.15, -0.1) is 0 Å². The second kappa shape index (κ2) is 6.71. The molecule has 0 aromatic carbocycles. The van der Waals surface area contributed by atoms with Gasteiger partial charge in [0.1, 0.15) is 5.92 Å². The number of nitrogens with one attached hydrogen (secondary N) is 1. The van der Waals surface area contributed by atoms with Gasteiger partial charge < -0.3 is 5.41 Å². The van der Waals surface area contributed by atoms with E-state index in [9.17, 15) is 15.8 Å². The molecule has 1 aromatic rings. The van der Waals surface area contributed by atoms with Crippen molar-refractivity contribution in [3.05, 3.63) is 41.7 Å². The monoisotopic (exact) mass is 344 g/mol. The summed E-state index contributed by atoms with van der Waals surface area (Å²) in [5.41, 5.74) is -0.0700. The molecular formula is C20H20N6. The van der Waals surface area contributed by atoms with Gasteiger partial charge in [0.05, 0.1) is 23.9 Å². The van der Waals surface area contributed by atoms with E-state index in [-0.39, 0.29) is 11.6 Å². The third-order valence-electron chi connectivity index (χ3n) is 5.61. The molecule has 3 atom stereocenters. The predicted molar refractivity (Wildman–Crippen MR) is 95.7 cm³/mol. The first-order valence-corrected chi connectivity index (χ1v) is 8.65. The van der Waals surface area contributed by atoms with Crippen LogP contribution in [0, 0.1) is 56.7 Å². The highest BCUT2D eigenvalue weighted by atomic mass is 15.2. The molecule has 0 bridgehead atoms. The highest BCUT2D eigenvalue weighted by molar-refractivity contribution is 6.00. The molecule has 2 aliphatic rings. The second-order valence-corrected chi connectivity index (χ2v) is 7.12. The summed E-state index contributed by atoms with van der Waals surface area (Å²) in [6.07, 6.45) is 5.30. The van der Waals surface area contributed by atoms with Crippen LogP contribution in [0.3, 0.4) is 0 Å². The van der Waals surface area contributed by atoms with E-state index in [4.69, 9.17) is 5.41 Å². The second-order valence-electron chi connectivity index (χ2n) is 7.12. The molecule has 6 heteroatoms. The van der Waals surface area contributed by atoms with Crippen molar-refractivity contribution in [1.29, 1.82) is 21.2 Å². The Morgan fingerprint density at radius 1 is 1.23 bits per heavy atom. The van der Waals surface area contributed by atoms with Crippen molar-refractivity contribution in [3.8, 4) is 18.2 Å². The van der Waals surface area contributed by atoms with Crippen molar-refractivity contribution >= 4 is 5.71 Å². The van der Waals surface area contributed by atoms with E-state index in [1.807, 2.05) is 6.08 Å². The first kappa shape index (κ1) is 17.8. The van der Waals surface area contributed by atoms with Gasteiger partial charge in [-0.2, -0.15) is 15.8 Å². The fourth-order valence-electron chi connectivity index (χ4n) is 4.20. The normalized spacial score (nSPS) is 27.6. The number of fused-ring (bicyclic) bond motifs is 1. The SMILES string of the molecule is CC(C)N1CC=C2C(C#N)C(=N)C(C#N)(C#N)C(c3ccncc3)C2C1. The van der Waals surface area contributed by atoms with Crippen molar-refractivity contribution in [2.24, 2.45) is 17.3 Å². The van der Waals surface area contributed by atoms with E-state index in [0.717, 1.165) is 11.1 Å². The van der Waals surface area contributed by atoms with E-state index in [0.29, 0.717) is 19.1 Å². The molecule has 0 radical (unpaired) electrons. The molecule has 0 saturated heterocycles. The molecule has 1 aliphatic carbocycles. The molecule has 130 valence electrons. The van der Waals surface area contributed by atoms with Gasteiger partial charge in [0.25, 0.3) is 0 Å². The minimum atomic E-state index is -1.65. The Bertz CT molecular complexity index is 850. The quantitative estimate of drug-likeness (QED) is 0.829. The lowest BCUT2D eigenvalue weighted by Gasteiger charge is -2.48. The number of aromatic nitrogens is 1. The van der Waals surface area contributed by atoms with Gasteiger partial charge in [-0.3, -0.25) is 9.88 Å². The first-order chi connectivity index (χ1) is 12.5. The van der Waals surface area contributed by atoms with Crippen LogP contribution in [0.15, 0.2) is 36.2 Å². The third-order valence-corrected chi connectivity index (χ3v) is 5.61. The maximum Gasteiger partial charge on any atom is 0.189 e. The zero-order valence-corrected chi connectivity index (χ0v) is 14.8. The van der Waals surface area contributed by atoms with Gasteiger partial charge >= 0.3 is 0 Å². The Hall–Kier alpha value is -3.01. The van der Waals surface area contributed by atoms with Crippen LogP contribution in [0.5, 0.6) is 0 Å². The summed E-state index contributed by atoms with van der Waals surface area (Å²) >= 11 is 0. The third kappa shape index (κ3) is 2.49. The van der Waals surface area contributed by atoms with Crippen LogP contribution >= 0.6 is 0 Å². The highest BCUT2D eigenvalue weighted by Gasteiger charge is 2.57. The lowest BCUT2D eigenvalue weighted by atomic mass is 9.54. The summed E-state index contributed by atoms with van der Waals surface area (Å²) in [6.45, 7) is 5.58. The van der Waals surface area contributed by atoms with E-state index in [1.165, 1.54) is 0 Å². The smallest absolute Gasteiger partial charge is 0.189 e. The summed E-state index contributed by atoms with van der Waals surface area (Å²) in [7, 11) is 0. The van der Waals surface area contributed by atoms with Crippen molar-refractivity contribution in [1.82, 2.24) is 9.88 Å². The van der Waals surface area contributed by atoms with E-state index >= 15 is 0 Å². The van der Waals surface area contributed by atoms with Crippen LogP contribution in [-0.4, -0.2) is 34.7 Å². The standard InChI is InChI=1S/C20H20N6/c1-13(2)26-8-5-15-16(9-21)19(24)20(11-22,12-23)18(17(15)10-26)14-3-6-25-7-4-14/h3-7,13,16-18,24H,8,10H2,1-2H3. The Labute approximate surface area is 153 Å². The maximum absolute atomic E-state index is 9.95. The van der Waals surface area contributed by atoms with Crippen LogP contribution in [0.2, 0.25) is 0 Å². The Kier molecular flexibility index (Phi) is 4.60. The van der Waals surface area contributed by atoms with Crippen LogP contribution in [0.4, 0.5) is 0 Å². The van der Waals surface area contributed by atoms with Gasteiger partial charge in [-0.05, 0) is 37.1 Å². The Morgan fingerprint density at radius 3 is 2.42 bits per heavy atom. The topological polar surface area (TPSA) is 111 Å². The number of nitrogens with zero attached hydrogens (tertiary/aromatic N) is 5. The summed E-state index contributed by atoms with van der Waals surface area (Å²) in [6, 6.07) is 10.3. The molecule has 1 fully saturated rings. The van der Waals surface area contributed by atoms with Gasteiger partial charge in [0.15, 0.2) is 5.41 Å². The van der Waals surface area contributed by atoms with Crippen LogP contribution in [0.25, 0.3) is 0 Å². The number of nitriles is 3. The van der Waals surface area contributed by atoms with Crippen LogP contribution < -0.4 is 0 Å². The van der Waals surface area contributed by atoms with Gasteiger partial charge in [-0.1, -0.05) is 6.08 Å². The summed E-state index contributed by atoms with van der Waals surface area (Å²) in [4.78, 5) is 6.31. The molecule has 0 amide bonds. The summed E-state index contributed by atoms with van der Waals surface area (Å²) in [5, 5.41) is 38.1. The van der Waals surface area contributed by atoms with Crippen molar-refractivity contribution in [3.63, 3.8) is 0 Å². The minimum Gasteiger partial charge on any atom is -0.305 e. The fourth-order valence-corrected chi connectivity index (χ4v) is 4.20. The average molecular weight is 344 g/mol. The largest absolute Gasteiger partial charge is 0.305 e. The van der Waals surface area contributed by atoms with Crippen LogP contribution in [0.1, 0.15) is 25.3 Å². The van der Waals surface area contributed by atoms with Crippen molar-refractivity contribution < 1.29 is 0 Å². The van der Waals surface area contributed by atoms with Gasteiger partial charge in [0.2, 0.25) is 0 Å². The Balaban J connectivity index is 2.23. The van der Waals surface area contributed by atoms with Crippen molar-refractivity contribution in [2.75, 3.05) is 13.1 Å². The zero-order valence-electron chi connectivity index (χ0n) is 14.8. The molecular weight excluding hydrogens is 324 g/mol. The lowest BCUT2D eigenvalue weighted by Crippen LogP contribution is -2.53. The number of rotatable bonds is 2. The highest BCUT2D eigenvalue weighted by Crippen LogP contribution is 2.53. The summed E-state index contributed by atoms with van der Waals surface area (Å²) in [5.74, 6) is -1.47.